The van der Waals surface area contributed by atoms with Gasteiger partial charge < -0.3 is 10.5 Å². The second-order valence-electron chi connectivity index (χ2n) is 3.14. The highest BCUT2D eigenvalue weighted by atomic mass is 16.5. The molecule has 1 atom stereocenters. The topological polar surface area (TPSA) is 35.2 Å². The van der Waals surface area contributed by atoms with Crippen LogP contribution in [-0.2, 0) is 4.74 Å². The minimum absolute atomic E-state index is 0.221. The Hall–Kier alpha value is -0.340. The molecule has 0 radical (unpaired) electrons. The highest BCUT2D eigenvalue weighted by molar-refractivity contribution is 4.66. The zero-order valence-electron chi connectivity index (χ0n) is 8.09. The Labute approximate surface area is 75.8 Å². The van der Waals surface area contributed by atoms with Crippen molar-refractivity contribution in [3.05, 3.63) is 12.7 Å². The van der Waals surface area contributed by atoms with E-state index < -0.39 is 0 Å². The molecule has 72 valence electrons. The smallest absolute Gasteiger partial charge is 0.0613 e. The van der Waals surface area contributed by atoms with Gasteiger partial charge in [-0.15, -0.1) is 6.58 Å². The predicted molar refractivity (Wildman–Crippen MR) is 53.1 cm³/mol. The van der Waals surface area contributed by atoms with E-state index in [9.17, 15) is 0 Å². The summed E-state index contributed by atoms with van der Waals surface area (Å²) in [6, 6.07) is 0.221. The summed E-state index contributed by atoms with van der Waals surface area (Å²) >= 11 is 0. The van der Waals surface area contributed by atoms with E-state index in [0.29, 0.717) is 6.61 Å². The molecule has 0 rings (SSSR count). The van der Waals surface area contributed by atoms with Crippen LogP contribution in [0.2, 0.25) is 0 Å². The SMILES string of the molecule is C=CCCCCCC(N)COC. The molecule has 0 aliphatic rings. The fraction of sp³-hybridized carbons (Fsp3) is 0.800. The number of methoxy groups -OCH3 is 1. The fourth-order valence-corrected chi connectivity index (χ4v) is 1.17. The average molecular weight is 171 g/mol. The molecular formula is C10H21NO. The van der Waals surface area contributed by atoms with Crippen molar-refractivity contribution in [1.82, 2.24) is 0 Å². The van der Waals surface area contributed by atoms with Gasteiger partial charge in [-0.3, -0.25) is 0 Å². The molecule has 0 spiro atoms. The van der Waals surface area contributed by atoms with Gasteiger partial charge >= 0.3 is 0 Å². The minimum atomic E-state index is 0.221. The van der Waals surface area contributed by atoms with E-state index >= 15 is 0 Å². The first-order valence-corrected chi connectivity index (χ1v) is 4.66. The fourth-order valence-electron chi connectivity index (χ4n) is 1.17. The summed E-state index contributed by atoms with van der Waals surface area (Å²) in [4.78, 5) is 0. The molecule has 1 unspecified atom stereocenters. The Morgan fingerprint density at radius 3 is 2.75 bits per heavy atom. The van der Waals surface area contributed by atoms with E-state index in [4.69, 9.17) is 10.5 Å². The average Bonchev–Trinajstić information content (AvgIpc) is 2.05. The quantitative estimate of drug-likeness (QED) is 0.448. The van der Waals surface area contributed by atoms with E-state index in [2.05, 4.69) is 6.58 Å². The van der Waals surface area contributed by atoms with Crippen LogP contribution in [-0.4, -0.2) is 19.8 Å². The van der Waals surface area contributed by atoms with Crippen LogP contribution in [0.3, 0.4) is 0 Å². The van der Waals surface area contributed by atoms with Crippen LogP contribution in [0.4, 0.5) is 0 Å². The van der Waals surface area contributed by atoms with E-state index in [1.165, 1.54) is 19.3 Å². The second kappa shape index (κ2) is 8.75. The number of ether oxygens (including phenoxy) is 1. The van der Waals surface area contributed by atoms with Gasteiger partial charge in [-0.05, 0) is 19.3 Å². The van der Waals surface area contributed by atoms with Crippen LogP contribution >= 0.6 is 0 Å². The third kappa shape index (κ3) is 7.76. The summed E-state index contributed by atoms with van der Waals surface area (Å²) in [6.45, 7) is 4.36. The number of allylic oxidation sites excluding steroid dienone is 1. The third-order valence-corrected chi connectivity index (χ3v) is 1.86. The van der Waals surface area contributed by atoms with Crippen LogP contribution in [0.15, 0.2) is 12.7 Å². The summed E-state index contributed by atoms with van der Waals surface area (Å²) in [5.41, 5.74) is 5.75. The van der Waals surface area contributed by atoms with Gasteiger partial charge in [0, 0.05) is 13.2 Å². The van der Waals surface area contributed by atoms with Gasteiger partial charge in [-0.2, -0.15) is 0 Å². The first-order chi connectivity index (χ1) is 5.81. The summed E-state index contributed by atoms with van der Waals surface area (Å²) < 4.78 is 4.94. The number of nitrogens with two attached hydrogens (primary N) is 1. The summed E-state index contributed by atoms with van der Waals surface area (Å²) in [5, 5.41) is 0. The van der Waals surface area contributed by atoms with Crippen molar-refractivity contribution in [1.29, 1.82) is 0 Å². The molecule has 0 aromatic carbocycles. The molecule has 0 heterocycles. The van der Waals surface area contributed by atoms with Gasteiger partial charge in [-0.25, -0.2) is 0 Å². The number of rotatable bonds is 8. The summed E-state index contributed by atoms with van der Waals surface area (Å²) in [6.07, 6.45) is 7.87. The second-order valence-corrected chi connectivity index (χ2v) is 3.14. The highest BCUT2D eigenvalue weighted by Crippen LogP contribution is 2.04. The Bertz CT molecular complexity index is 104. The molecule has 0 bridgehead atoms. The van der Waals surface area contributed by atoms with E-state index in [-0.39, 0.29) is 6.04 Å². The Morgan fingerprint density at radius 2 is 2.17 bits per heavy atom. The molecule has 0 aliphatic heterocycles. The van der Waals surface area contributed by atoms with Crippen molar-refractivity contribution in [2.24, 2.45) is 5.73 Å². The standard InChI is InChI=1S/C10H21NO/c1-3-4-5-6-7-8-10(11)9-12-2/h3,10H,1,4-9,11H2,2H3. The van der Waals surface area contributed by atoms with Crippen molar-refractivity contribution >= 4 is 0 Å². The van der Waals surface area contributed by atoms with Crippen LogP contribution in [0, 0.1) is 0 Å². The third-order valence-electron chi connectivity index (χ3n) is 1.86. The van der Waals surface area contributed by atoms with Gasteiger partial charge in [0.05, 0.1) is 6.61 Å². The van der Waals surface area contributed by atoms with Crippen molar-refractivity contribution in [3.63, 3.8) is 0 Å². The van der Waals surface area contributed by atoms with Crippen molar-refractivity contribution < 1.29 is 4.74 Å². The molecule has 0 fully saturated rings. The van der Waals surface area contributed by atoms with Crippen molar-refractivity contribution in [3.8, 4) is 0 Å². The largest absolute Gasteiger partial charge is 0.383 e. The predicted octanol–water partition coefficient (Wildman–Crippen LogP) is 2.10. The number of unbranched alkanes of at least 4 members (excludes halogenated alkanes) is 3. The van der Waals surface area contributed by atoms with Crippen LogP contribution in [0.1, 0.15) is 32.1 Å². The minimum Gasteiger partial charge on any atom is -0.383 e. The Morgan fingerprint density at radius 1 is 1.42 bits per heavy atom. The Balaban J connectivity index is 3.02. The van der Waals surface area contributed by atoms with Gasteiger partial charge in [0.15, 0.2) is 0 Å². The lowest BCUT2D eigenvalue weighted by Gasteiger charge is -2.08. The molecular weight excluding hydrogens is 150 g/mol. The van der Waals surface area contributed by atoms with E-state index in [1.54, 1.807) is 7.11 Å². The molecule has 0 aromatic heterocycles. The summed E-state index contributed by atoms with van der Waals surface area (Å²) in [7, 11) is 1.69. The highest BCUT2D eigenvalue weighted by Gasteiger charge is 1.99. The van der Waals surface area contributed by atoms with E-state index in [1.807, 2.05) is 6.08 Å². The maximum atomic E-state index is 5.75. The lowest BCUT2D eigenvalue weighted by Crippen LogP contribution is -2.25. The van der Waals surface area contributed by atoms with Crippen molar-refractivity contribution in [2.45, 2.75) is 38.1 Å². The van der Waals surface area contributed by atoms with Gasteiger partial charge in [-0.1, -0.05) is 18.9 Å². The lowest BCUT2D eigenvalue weighted by molar-refractivity contribution is 0.176. The maximum Gasteiger partial charge on any atom is 0.0613 e. The molecule has 0 aromatic rings. The maximum absolute atomic E-state index is 5.75. The zero-order chi connectivity index (χ0) is 9.23. The Kier molecular flexibility index (Phi) is 8.51. The summed E-state index contributed by atoms with van der Waals surface area (Å²) in [5.74, 6) is 0. The first kappa shape index (κ1) is 11.7. The molecule has 0 saturated heterocycles. The van der Waals surface area contributed by atoms with Crippen LogP contribution in [0.5, 0.6) is 0 Å². The van der Waals surface area contributed by atoms with Gasteiger partial charge in [0.1, 0.15) is 0 Å². The molecule has 0 aliphatic carbocycles. The monoisotopic (exact) mass is 171 g/mol. The van der Waals surface area contributed by atoms with Crippen molar-refractivity contribution in [2.75, 3.05) is 13.7 Å². The van der Waals surface area contributed by atoms with Crippen LogP contribution < -0.4 is 5.73 Å². The van der Waals surface area contributed by atoms with Crippen LogP contribution in [0.25, 0.3) is 0 Å². The molecule has 2 heteroatoms. The van der Waals surface area contributed by atoms with Gasteiger partial charge in [0.25, 0.3) is 0 Å². The molecule has 0 amide bonds. The molecule has 2 N–H and O–H groups in total. The number of hydrogen-bond donors (Lipinski definition) is 1. The number of hydrogen-bond acceptors (Lipinski definition) is 2. The molecule has 0 saturated carbocycles. The zero-order valence-corrected chi connectivity index (χ0v) is 8.09. The van der Waals surface area contributed by atoms with Gasteiger partial charge in [0.2, 0.25) is 0 Å². The molecule has 12 heavy (non-hydrogen) atoms. The first-order valence-electron chi connectivity index (χ1n) is 4.66. The normalized spacial score (nSPS) is 12.8. The van der Waals surface area contributed by atoms with E-state index in [0.717, 1.165) is 12.8 Å². The molecule has 2 nitrogen and oxygen atoms in total. The lowest BCUT2D eigenvalue weighted by atomic mass is 10.1.